The van der Waals surface area contributed by atoms with Crippen LogP contribution in [-0.4, -0.2) is 23.3 Å². The van der Waals surface area contributed by atoms with Crippen molar-refractivity contribution in [3.63, 3.8) is 0 Å². The monoisotopic (exact) mass is 403 g/mol. The van der Waals surface area contributed by atoms with Gasteiger partial charge in [0.1, 0.15) is 11.4 Å². The Balaban J connectivity index is 2.05. The largest absolute Gasteiger partial charge is 0.458 e. The van der Waals surface area contributed by atoms with Gasteiger partial charge in [-0.2, -0.15) is 0 Å². The number of rotatable bonds is 6. The van der Waals surface area contributed by atoms with Crippen molar-refractivity contribution in [1.82, 2.24) is 0 Å². The molecule has 3 rings (SSSR count). The van der Waals surface area contributed by atoms with Crippen LogP contribution in [0.2, 0.25) is 0 Å². The van der Waals surface area contributed by atoms with Crippen LogP contribution in [0, 0.1) is 5.82 Å². The molecule has 154 valence electrons. The van der Waals surface area contributed by atoms with E-state index in [-0.39, 0.29) is 5.82 Å². The molecule has 0 heterocycles. The number of hydrogen-bond donors (Lipinski definition) is 0. The van der Waals surface area contributed by atoms with Crippen molar-refractivity contribution >= 4 is 11.7 Å². The number of halogens is 1. The van der Waals surface area contributed by atoms with Crippen molar-refractivity contribution in [3.05, 3.63) is 107 Å². The molecule has 0 radical (unpaired) electrons. The Hall–Kier alpha value is -3.27. The molecule has 3 aromatic carbocycles. The average Bonchev–Trinajstić information content (AvgIpc) is 2.72. The fourth-order valence-electron chi connectivity index (χ4n) is 3.06. The highest BCUT2D eigenvalue weighted by Gasteiger charge is 2.26. The molecule has 0 spiro atoms. The summed E-state index contributed by atoms with van der Waals surface area (Å²) in [6, 6.07) is 24.9. The second-order valence-electron chi connectivity index (χ2n) is 8.09. The Morgan fingerprint density at radius 3 is 1.83 bits per heavy atom. The summed E-state index contributed by atoms with van der Waals surface area (Å²) < 4.78 is 19.0. The maximum Gasteiger partial charge on any atom is 0.331 e. The third kappa shape index (κ3) is 6.11. The van der Waals surface area contributed by atoms with Crippen molar-refractivity contribution in [2.45, 2.75) is 38.8 Å². The van der Waals surface area contributed by atoms with E-state index in [1.165, 1.54) is 12.1 Å². The van der Waals surface area contributed by atoms with E-state index < -0.39 is 17.6 Å². The molecule has 0 amide bonds. The first kappa shape index (κ1) is 21.4. The molecule has 3 aromatic rings. The first-order chi connectivity index (χ1) is 14.3. The summed E-state index contributed by atoms with van der Waals surface area (Å²) in [7, 11) is 0. The van der Waals surface area contributed by atoms with E-state index >= 15 is 0 Å². The molecule has 0 aliphatic heterocycles. The molecular formula is C26H26FNO2. The number of esters is 1. The second kappa shape index (κ2) is 9.49. The minimum absolute atomic E-state index is 0.315. The third-order valence-corrected chi connectivity index (χ3v) is 4.40. The van der Waals surface area contributed by atoms with Gasteiger partial charge in [-0.05, 0) is 38.5 Å². The van der Waals surface area contributed by atoms with Crippen molar-refractivity contribution in [1.29, 1.82) is 0 Å². The minimum Gasteiger partial charge on any atom is -0.458 e. The molecule has 0 saturated heterocycles. The normalized spacial score (nSPS) is 12.1. The number of benzene rings is 3. The molecule has 0 saturated carbocycles. The molecule has 1 atom stereocenters. The smallest absolute Gasteiger partial charge is 0.331 e. The van der Waals surface area contributed by atoms with Gasteiger partial charge in [0, 0.05) is 17.5 Å². The quantitative estimate of drug-likeness (QED) is 0.396. The maximum absolute atomic E-state index is 13.3. The summed E-state index contributed by atoms with van der Waals surface area (Å²) >= 11 is 0. The van der Waals surface area contributed by atoms with Crippen molar-refractivity contribution in [2.75, 3.05) is 0 Å². The van der Waals surface area contributed by atoms with Crippen molar-refractivity contribution in [2.24, 2.45) is 4.99 Å². The van der Waals surface area contributed by atoms with Gasteiger partial charge in [-0.3, -0.25) is 4.99 Å². The molecular weight excluding hydrogens is 377 g/mol. The van der Waals surface area contributed by atoms with Crippen LogP contribution in [0.5, 0.6) is 0 Å². The minimum atomic E-state index is -0.759. The summed E-state index contributed by atoms with van der Waals surface area (Å²) in [5.74, 6) is -0.721. The molecule has 4 heteroatoms. The highest BCUT2D eigenvalue weighted by atomic mass is 19.1. The third-order valence-electron chi connectivity index (χ3n) is 4.40. The maximum atomic E-state index is 13.3. The van der Waals surface area contributed by atoms with Gasteiger partial charge in [-0.15, -0.1) is 0 Å². The summed E-state index contributed by atoms with van der Waals surface area (Å²) in [6.07, 6.45) is 0.318. The van der Waals surface area contributed by atoms with Crippen molar-refractivity contribution < 1.29 is 13.9 Å². The molecule has 0 bridgehead atoms. The Morgan fingerprint density at radius 1 is 0.867 bits per heavy atom. The van der Waals surface area contributed by atoms with Gasteiger partial charge in [0.25, 0.3) is 0 Å². The highest BCUT2D eigenvalue weighted by Crippen LogP contribution is 2.18. The van der Waals surface area contributed by atoms with E-state index in [1.807, 2.05) is 81.4 Å². The lowest BCUT2D eigenvalue weighted by molar-refractivity contribution is -0.156. The van der Waals surface area contributed by atoms with Crippen LogP contribution in [0.3, 0.4) is 0 Å². The fraction of sp³-hybridized carbons (Fsp3) is 0.231. The Bertz CT molecular complexity index is 949. The van der Waals surface area contributed by atoms with Gasteiger partial charge < -0.3 is 4.74 Å². The Morgan fingerprint density at radius 2 is 1.37 bits per heavy atom. The predicted octanol–water partition coefficient (Wildman–Crippen LogP) is 5.62. The van der Waals surface area contributed by atoms with Crippen LogP contribution in [0.25, 0.3) is 0 Å². The number of carbonyl (C=O) groups is 1. The lowest BCUT2D eigenvalue weighted by atomic mass is 10.0. The number of ether oxygens (including phenoxy) is 1. The summed E-state index contributed by atoms with van der Waals surface area (Å²) in [6.45, 7) is 5.50. The van der Waals surface area contributed by atoms with Crippen molar-refractivity contribution in [3.8, 4) is 0 Å². The van der Waals surface area contributed by atoms with Crippen LogP contribution in [0.15, 0.2) is 89.9 Å². The lowest BCUT2D eigenvalue weighted by Gasteiger charge is -2.23. The zero-order valence-corrected chi connectivity index (χ0v) is 17.5. The van der Waals surface area contributed by atoms with Gasteiger partial charge in [-0.1, -0.05) is 72.8 Å². The van der Waals surface area contributed by atoms with E-state index in [0.29, 0.717) is 12.1 Å². The number of hydrogen-bond acceptors (Lipinski definition) is 3. The molecule has 0 aromatic heterocycles. The van der Waals surface area contributed by atoms with E-state index in [9.17, 15) is 9.18 Å². The predicted molar refractivity (Wildman–Crippen MR) is 118 cm³/mol. The molecule has 0 unspecified atom stereocenters. The zero-order valence-electron chi connectivity index (χ0n) is 17.5. The second-order valence-corrected chi connectivity index (χ2v) is 8.09. The molecule has 3 nitrogen and oxygen atoms in total. The average molecular weight is 403 g/mol. The first-order valence-electron chi connectivity index (χ1n) is 9.98. The van der Waals surface area contributed by atoms with Gasteiger partial charge in [0.05, 0.1) is 5.71 Å². The lowest BCUT2D eigenvalue weighted by Crippen LogP contribution is -2.33. The van der Waals surface area contributed by atoms with Gasteiger partial charge >= 0.3 is 5.97 Å². The van der Waals surface area contributed by atoms with E-state index in [1.54, 1.807) is 12.1 Å². The first-order valence-corrected chi connectivity index (χ1v) is 9.98. The molecule has 0 aliphatic rings. The number of carbonyl (C=O) groups excluding carboxylic acids is 1. The molecule has 30 heavy (non-hydrogen) atoms. The summed E-state index contributed by atoms with van der Waals surface area (Å²) in [4.78, 5) is 17.9. The summed E-state index contributed by atoms with van der Waals surface area (Å²) in [5.41, 5.74) is 2.73. The van der Waals surface area contributed by atoms with E-state index in [0.717, 1.165) is 16.7 Å². The van der Waals surface area contributed by atoms with Crippen LogP contribution in [-0.2, 0) is 16.0 Å². The fourth-order valence-corrected chi connectivity index (χ4v) is 3.06. The van der Waals surface area contributed by atoms with E-state index in [4.69, 9.17) is 9.73 Å². The van der Waals surface area contributed by atoms with Crippen LogP contribution >= 0.6 is 0 Å². The Labute approximate surface area is 177 Å². The Kier molecular flexibility index (Phi) is 6.78. The molecule has 0 fully saturated rings. The standard InChI is InChI=1S/C26H26FNO2/c1-26(2,3)30-25(29)23(18-19-14-16-22(27)17-15-19)28-24(20-10-6-4-7-11-20)21-12-8-5-9-13-21/h4-17,23H,18H2,1-3H3/t23-/m1/s1. The van der Waals surface area contributed by atoms with Crippen LogP contribution in [0.4, 0.5) is 4.39 Å². The molecule has 0 N–H and O–H groups in total. The summed E-state index contributed by atoms with van der Waals surface area (Å²) in [5, 5.41) is 0. The van der Waals surface area contributed by atoms with Gasteiger partial charge in [0.2, 0.25) is 0 Å². The highest BCUT2D eigenvalue weighted by molar-refractivity contribution is 6.13. The van der Waals surface area contributed by atoms with Crippen LogP contribution < -0.4 is 0 Å². The zero-order chi connectivity index (χ0) is 21.6. The molecule has 0 aliphatic carbocycles. The number of aliphatic imine (C=N–C) groups is 1. The van der Waals surface area contributed by atoms with Gasteiger partial charge in [-0.25, -0.2) is 9.18 Å². The number of nitrogens with zero attached hydrogens (tertiary/aromatic N) is 1. The van der Waals surface area contributed by atoms with Crippen LogP contribution in [0.1, 0.15) is 37.5 Å². The SMILES string of the molecule is CC(C)(C)OC(=O)[C@@H](Cc1ccc(F)cc1)N=C(c1ccccc1)c1ccccc1. The topological polar surface area (TPSA) is 38.7 Å². The van der Waals surface area contributed by atoms with E-state index in [2.05, 4.69) is 0 Å². The van der Waals surface area contributed by atoms with Gasteiger partial charge in [0.15, 0.2) is 6.04 Å².